The van der Waals surface area contributed by atoms with Crippen LogP contribution >= 0.6 is 0 Å². The number of piperazine rings is 1. The van der Waals surface area contributed by atoms with E-state index in [4.69, 9.17) is 4.74 Å². The summed E-state index contributed by atoms with van der Waals surface area (Å²) in [6.07, 6.45) is 5.92. The van der Waals surface area contributed by atoms with Gasteiger partial charge in [-0.15, -0.1) is 0 Å². The summed E-state index contributed by atoms with van der Waals surface area (Å²) in [5.74, 6) is -0.590. The van der Waals surface area contributed by atoms with Crippen LogP contribution in [0.25, 0.3) is 0 Å². The summed E-state index contributed by atoms with van der Waals surface area (Å²) in [4.78, 5) is 25.6. The zero-order valence-electron chi connectivity index (χ0n) is 16.4. The van der Waals surface area contributed by atoms with Crippen LogP contribution in [0.1, 0.15) is 38.5 Å². The molecule has 29 heavy (non-hydrogen) atoms. The molecule has 1 aromatic rings. The highest BCUT2D eigenvalue weighted by molar-refractivity contribution is 7.89. The van der Waals surface area contributed by atoms with Crippen molar-refractivity contribution >= 4 is 21.9 Å². The van der Waals surface area contributed by atoms with Crippen molar-refractivity contribution in [3.8, 4) is 0 Å². The highest BCUT2D eigenvalue weighted by Crippen LogP contribution is 2.28. The molecular weight excluding hydrogens is 399 g/mol. The molecule has 1 amide bonds. The summed E-state index contributed by atoms with van der Waals surface area (Å²) in [6, 6.07) is 4.67. The number of carbonyl (C=O) groups excluding carboxylic acids is 2. The second-order valence-corrected chi connectivity index (χ2v) is 9.53. The van der Waals surface area contributed by atoms with Crippen LogP contribution in [0.4, 0.5) is 4.39 Å². The quantitative estimate of drug-likeness (QED) is 0.624. The number of rotatable bonds is 7. The molecule has 2 fully saturated rings. The summed E-state index contributed by atoms with van der Waals surface area (Å²) >= 11 is 0. The van der Waals surface area contributed by atoms with Gasteiger partial charge < -0.3 is 9.64 Å². The molecule has 9 heteroatoms. The lowest BCUT2D eigenvalue weighted by molar-refractivity contribution is -0.152. The lowest BCUT2D eigenvalue weighted by Gasteiger charge is -2.33. The van der Waals surface area contributed by atoms with E-state index in [9.17, 15) is 22.4 Å². The second kappa shape index (κ2) is 9.67. The standard InChI is InChI=1S/C20H27FN2O5S/c21-17-6-8-18(9-7-17)29(26,27)23-13-11-22(12-14-23)19(24)15-28-20(25)10-5-16-3-1-2-4-16/h6-9,16H,1-5,10-15H2. The van der Waals surface area contributed by atoms with Gasteiger partial charge in [0.05, 0.1) is 4.90 Å². The van der Waals surface area contributed by atoms with Crippen LogP contribution in [-0.2, 0) is 24.3 Å². The van der Waals surface area contributed by atoms with Crippen LogP contribution in [0, 0.1) is 11.7 Å². The van der Waals surface area contributed by atoms with E-state index in [0.717, 1.165) is 31.4 Å². The molecule has 0 bridgehead atoms. The van der Waals surface area contributed by atoms with Gasteiger partial charge in [-0.25, -0.2) is 12.8 Å². The Morgan fingerprint density at radius 1 is 1.03 bits per heavy atom. The van der Waals surface area contributed by atoms with E-state index in [1.807, 2.05) is 0 Å². The van der Waals surface area contributed by atoms with Gasteiger partial charge in [0.1, 0.15) is 5.82 Å². The number of ether oxygens (including phenoxy) is 1. The fourth-order valence-corrected chi connectivity index (χ4v) is 5.28. The molecule has 2 aliphatic rings. The Morgan fingerprint density at radius 3 is 2.28 bits per heavy atom. The minimum atomic E-state index is -3.73. The molecule has 1 aliphatic heterocycles. The van der Waals surface area contributed by atoms with E-state index in [2.05, 4.69) is 0 Å². The molecule has 0 unspecified atom stereocenters. The Bertz CT molecular complexity index is 814. The van der Waals surface area contributed by atoms with Crippen LogP contribution in [0.5, 0.6) is 0 Å². The molecule has 0 atom stereocenters. The third-order valence-electron chi connectivity index (χ3n) is 5.63. The lowest BCUT2D eigenvalue weighted by atomic mass is 10.0. The number of amides is 1. The van der Waals surface area contributed by atoms with Gasteiger partial charge in [-0.05, 0) is 36.6 Å². The normalized spacial score (nSPS) is 18.7. The minimum absolute atomic E-state index is 0.0230. The first-order chi connectivity index (χ1) is 13.9. The number of carbonyl (C=O) groups is 2. The van der Waals surface area contributed by atoms with Crippen molar-refractivity contribution in [3.63, 3.8) is 0 Å². The molecule has 0 aromatic heterocycles. The van der Waals surface area contributed by atoms with E-state index in [-0.39, 0.29) is 49.6 Å². The Hall–Kier alpha value is -2.00. The molecule has 1 aromatic carbocycles. The molecule has 1 saturated carbocycles. The van der Waals surface area contributed by atoms with E-state index < -0.39 is 15.8 Å². The number of esters is 1. The average molecular weight is 427 g/mol. The van der Waals surface area contributed by atoms with Crippen LogP contribution in [0.2, 0.25) is 0 Å². The molecule has 3 rings (SSSR count). The van der Waals surface area contributed by atoms with Crippen LogP contribution in [0.3, 0.4) is 0 Å². The third-order valence-corrected chi connectivity index (χ3v) is 7.54. The predicted octanol–water partition coefficient (Wildman–Crippen LogP) is 2.17. The highest BCUT2D eigenvalue weighted by atomic mass is 32.2. The molecule has 1 heterocycles. The van der Waals surface area contributed by atoms with E-state index in [1.165, 1.54) is 34.2 Å². The molecule has 0 radical (unpaired) electrons. The maximum Gasteiger partial charge on any atom is 0.306 e. The van der Waals surface area contributed by atoms with E-state index >= 15 is 0 Å². The van der Waals surface area contributed by atoms with E-state index in [1.54, 1.807) is 0 Å². The van der Waals surface area contributed by atoms with Crippen LogP contribution in [-0.4, -0.2) is 62.3 Å². The van der Waals surface area contributed by atoms with Crippen molar-refractivity contribution in [2.24, 2.45) is 5.92 Å². The minimum Gasteiger partial charge on any atom is -0.456 e. The van der Waals surface area contributed by atoms with Gasteiger partial charge in [0, 0.05) is 32.6 Å². The fraction of sp³-hybridized carbons (Fsp3) is 0.600. The third kappa shape index (κ3) is 5.76. The van der Waals surface area contributed by atoms with Gasteiger partial charge in [0.15, 0.2) is 6.61 Å². The van der Waals surface area contributed by atoms with Crippen LogP contribution in [0.15, 0.2) is 29.2 Å². The smallest absolute Gasteiger partial charge is 0.306 e. The summed E-state index contributed by atoms with van der Waals surface area (Å²) < 4.78 is 44.6. The number of nitrogens with zero attached hydrogens (tertiary/aromatic N) is 2. The molecule has 7 nitrogen and oxygen atoms in total. The predicted molar refractivity (Wildman–Crippen MR) is 104 cm³/mol. The van der Waals surface area contributed by atoms with Gasteiger partial charge in [0.25, 0.3) is 5.91 Å². The number of benzene rings is 1. The van der Waals surface area contributed by atoms with Crippen molar-refractivity contribution in [1.82, 2.24) is 9.21 Å². The number of halogens is 1. The summed E-state index contributed by atoms with van der Waals surface area (Å²) in [7, 11) is -3.73. The molecule has 1 saturated heterocycles. The first kappa shape index (κ1) is 21.7. The number of sulfonamides is 1. The number of hydrogen-bond acceptors (Lipinski definition) is 5. The van der Waals surface area contributed by atoms with E-state index in [0.29, 0.717) is 12.3 Å². The van der Waals surface area contributed by atoms with Gasteiger partial charge in [-0.1, -0.05) is 25.7 Å². The zero-order chi connectivity index (χ0) is 20.9. The lowest BCUT2D eigenvalue weighted by Crippen LogP contribution is -2.51. The summed E-state index contributed by atoms with van der Waals surface area (Å²) in [5, 5.41) is 0. The van der Waals surface area contributed by atoms with Gasteiger partial charge in [-0.3, -0.25) is 9.59 Å². The topological polar surface area (TPSA) is 84.0 Å². The van der Waals surface area contributed by atoms with Crippen molar-refractivity contribution in [2.75, 3.05) is 32.8 Å². The summed E-state index contributed by atoms with van der Waals surface area (Å²) in [5.41, 5.74) is 0. The SMILES string of the molecule is O=C(CCC1CCCC1)OCC(=O)N1CCN(S(=O)(=O)c2ccc(F)cc2)CC1. The average Bonchev–Trinajstić information content (AvgIpc) is 3.24. The van der Waals surface area contributed by atoms with Crippen molar-refractivity contribution in [1.29, 1.82) is 0 Å². The largest absolute Gasteiger partial charge is 0.456 e. The fourth-order valence-electron chi connectivity index (χ4n) is 3.86. The molecule has 1 aliphatic carbocycles. The van der Waals surface area contributed by atoms with Crippen LogP contribution < -0.4 is 0 Å². The molecule has 0 spiro atoms. The monoisotopic (exact) mass is 426 g/mol. The second-order valence-electron chi connectivity index (χ2n) is 7.59. The van der Waals surface area contributed by atoms with Gasteiger partial charge >= 0.3 is 5.97 Å². The van der Waals surface area contributed by atoms with Crippen molar-refractivity contribution in [2.45, 2.75) is 43.4 Å². The Labute approximate surface area is 170 Å². The highest BCUT2D eigenvalue weighted by Gasteiger charge is 2.30. The first-order valence-corrected chi connectivity index (χ1v) is 11.5. The molecule has 160 valence electrons. The maximum absolute atomic E-state index is 13.0. The Kier molecular flexibility index (Phi) is 7.23. The molecule has 0 N–H and O–H groups in total. The molecular formula is C20H27FN2O5S. The van der Waals surface area contributed by atoms with Crippen molar-refractivity contribution in [3.05, 3.63) is 30.1 Å². The first-order valence-electron chi connectivity index (χ1n) is 10.1. The summed E-state index contributed by atoms with van der Waals surface area (Å²) in [6.45, 7) is 0.411. The van der Waals surface area contributed by atoms with Gasteiger partial charge in [0.2, 0.25) is 10.0 Å². The maximum atomic E-state index is 13.0. The zero-order valence-corrected chi connectivity index (χ0v) is 17.2. The Morgan fingerprint density at radius 2 is 1.66 bits per heavy atom. The number of hydrogen-bond donors (Lipinski definition) is 0. The Balaban J connectivity index is 1.42. The van der Waals surface area contributed by atoms with Crippen molar-refractivity contribution < 1.29 is 27.1 Å². The van der Waals surface area contributed by atoms with Gasteiger partial charge in [-0.2, -0.15) is 4.31 Å².